The second-order valence-corrected chi connectivity index (χ2v) is 5.04. The van der Waals surface area contributed by atoms with E-state index in [-0.39, 0.29) is 17.9 Å². The molecule has 1 aromatic carbocycles. The van der Waals surface area contributed by atoms with Crippen molar-refractivity contribution < 1.29 is 18.6 Å². The van der Waals surface area contributed by atoms with Crippen LogP contribution in [-0.4, -0.2) is 26.3 Å². The Morgan fingerprint density at radius 1 is 1.17 bits per heavy atom. The molecule has 0 spiro atoms. The van der Waals surface area contributed by atoms with Gasteiger partial charge in [0.25, 0.3) is 5.56 Å². The van der Waals surface area contributed by atoms with Crippen molar-refractivity contribution in [3.63, 3.8) is 0 Å². The summed E-state index contributed by atoms with van der Waals surface area (Å²) in [5.41, 5.74) is 0.487. The maximum absolute atomic E-state index is 12.3. The third kappa shape index (κ3) is 3.38. The van der Waals surface area contributed by atoms with Crippen LogP contribution in [0.15, 0.2) is 53.7 Å². The molecule has 1 atom stereocenters. The fourth-order valence-electron chi connectivity index (χ4n) is 2.29. The average molecular weight is 333 g/mol. The monoisotopic (exact) mass is 333 g/mol. The number of fused-ring (bicyclic) bond motifs is 1. The lowest BCUT2D eigenvalue weighted by atomic mass is 10.1. The third-order valence-corrected chi connectivity index (χ3v) is 3.46. The molecule has 0 bridgehead atoms. The molecular formula is C16H13F2N3O3. The number of hydrogen-bond donors (Lipinski definition) is 1. The van der Waals surface area contributed by atoms with E-state index in [1.165, 1.54) is 41.4 Å². The van der Waals surface area contributed by atoms with Gasteiger partial charge in [-0.05, 0) is 29.8 Å². The highest BCUT2D eigenvalue weighted by atomic mass is 19.3. The van der Waals surface area contributed by atoms with Crippen molar-refractivity contribution in [3.8, 4) is 5.75 Å². The minimum Gasteiger partial charge on any atom is -0.435 e. The second-order valence-electron chi connectivity index (χ2n) is 5.04. The van der Waals surface area contributed by atoms with E-state index in [1.807, 2.05) is 0 Å². The molecule has 1 N–H and O–H groups in total. The minimum absolute atomic E-state index is 0.00318. The molecule has 124 valence electrons. The molecule has 6 nitrogen and oxygen atoms in total. The summed E-state index contributed by atoms with van der Waals surface area (Å²) >= 11 is 0. The fourth-order valence-corrected chi connectivity index (χ4v) is 2.29. The van der Waals surface area contributed by atoms with Gasteiger partial charge in [-0.15, -0.1) is 0 Å². The van der Waals surface area contributed by atoms with Crippen LogP contribution in [0.25, 0.3) is 11.0 Å². The predicted octanol–water partition coefficient (Wildman–Crippen LogP) is 2.13. The summed E-state index contributed by atoms with van der Waals surface area (Å²) in [6.45, 7) is -2.93. The minimum atomic E-state index is -2.91. The summed E-state index contributed by atoms with van der Waals surface area (Å²) < 4.78 is 29.8. The van der Waals surface area contributed by atoms with Crippen molar-refractivity contribution in [1.82, 2.24) is 14.5 Å². The van der Waals surface area contributed by atoms with Crippen LogP contribution in [0.5, 0.6) is 5.75 Å². The normalized spacial score (nSPS) is 12.5. The van der Waals surface area contributed by atoms with Gasteiger partial charge in [-0.1, -0.05) is 12.1 Å². The summed E-state index contributed by atoms with van der Waals surface area (Å²) in [7, 11) is 0. The Balaban J connectivity index is 1.80. The Hall–Kier alpha value is -2.87. The molecule has 1 unspecified atom stereocenters. The number of alkyl halides is 2. The van der Waals surface area contributed by atoms with Crippen molar-refractivity contribution in [2.45, 2.75) is 19.3 Å². The number of benzene rings is 1. The van der Waals surface area contributed by atoms with Crippen LogP contribution in [0.3, 0.4) is 0 Å². The van der Waals surface area contributed by atoms with Crippen LogP contribution in [0, 0.1) is 0 Å². The predicted molar refractivity (Wildman–Crippen MR) is 81.8 cm³/mol. The van der Waals surface area contributed by atoms with E-state index < -0.39 is 12.7 Å². The summed E-state index contributed by atoms with van der Waals surface area (Å²) in [6.07, 6.45) is 1.85. The maximum Gasteiger partial charge on any atom is 0.387 e. The van der Waals surface area contributed by atoms with Crippen LogP contribution >= 0.6 is 0 Å². The average Bonchev–Trinajstić information content (AvgIpc) is 2.57. The zero-order valence-corrected chi connectivity index (χ0v) is 12.3. The molecule has 0 amide bonds. The van der Waals surface area contributed by atoms with Crippen molar-refractivity contribution in [2.75, 3.05) is 0 Å². The van der Waals surface area contributed by atoms with Crippen molar-refractivity contribution in [3.05, 3.63) is 64.8 Å². The second kappa shape index (κ2) is 6.71. The van der Waals surface area contributed by atoms with Crippen LogP contribution in [0.4, 0.5) is 8.78 Å². The number of aliphatic hydroxyl groups is 1. The molecule has 0 saturated heterocycles. The van der Waals surface area contributed by atoms with Gasteiger partial charge in [0.1, 0.15) is 12.1 Å². The first-order valence-electron chi connectivity index (χ1n) is 7.07. The van der Waals surface area contributed by atoms with Crippen molar-refractivity contribution in [2.24, 2.45) is 0 Å². The first-order chi connectivity index (χ1) is 11.5. The molecule has 0 fully saturated rings. The van der Waals surface area contributed by atoms with Crippen LogP contribution in [-0.2, 0) is 6.54 Å². The Morgan fingerprint density at radius 3 is 2.62 bits per heavy atom. The van der Waals surface area contributed by atoms with Crippen LogP contribution < -0.4 is 10.3 Å². The van der Waals surface area contributed by atoms with Gasteiger partial charge in [0.2, 0.25) is 0 Å². The number of hydrogen-bond acceptors (Lipinski definition) is 5. The first kappa shape index (κ1) is 16.0. The van der Waals surface area contributed by atoms with E-state index >= 15 is 0 Å². The van der Waals surface area contributed by atoms with Gasteiger partial charge in [-0.3, -0.25) is 9.36 Å². The Morgan fingerprint density at radius 2 is 1.92 bits per heavy atom. The number of rotatable bonds is 5. The van der Waals surface area contributed by atoms with Gasteiger partial charge < -0.3 is 9.84 Å². The Bertz CT molecular complexity index is 897. The molecule has 2 heterocycles. The van der Waals surface area contributed by atoms with Gasteiger partial charge in [0.05, 0.1) is 18.0 Å². The fraction of sp³-hybridized carbons (Fsp3) is 0.188. The van der Waals surface area contributed by atoms with Crippen molar-refractivity contribution in [1.29, 1.82) is 0 Å². The third-order valence-electron chi connectivity index (χ3n) is 3.46. The molecule has 0 radical (unpaired) electrons. The lowest BCUT2D eigenvalue weighted by Gasteiger charge is -2.13. The van der Waals surface area contributed by atoms with E-state index in [4.69, 9.17) is 0 Å². The highest BCUT2D eigenvalue weighted by molar-refractivity contribution is 5.72. The Kier molecular flexibility index (Phi) is 4.48. The largest absolute Gasteiger partial charge is 0.435 e. The zero-order valence-electron chi connectivity index (χ0n) is 12.3. The van der Waals surface area contributed by atoms with Crippen molar-refractivity contribution >= 4 is 11.0 Å². The quantitative estimate of drug-likeness (QED) is 0.774. The molecule has 0 aliphatic rings. The molecule has 8 heteroatoms. The van der Waals surface area contributed by atoms with Crippen LogP contribution in [0.2, 0.25) is 0 Å². The lowest BCUT2D eigenvalue weighted by molar-refractivity contribution is -0.0498. The van der Waals surface area contributed by atoms with Crippen LogP contribution in [0.1, 0.15) is 11.7 Å². The topological polar surface area (TPSA) is 77.2 Å². The molecule has 3 aromatic rings. The van der Waals surface area contributed by atoms with Gasteiger partial charge in [-0.25, -0.2) is 9.97 Å². The maximum atomic E-state index is 12.3. The summed E-state index contributed by atoms with van der Waals surface area (Å²) in [6, 6.07) is 8.82. The highest BCUT2D eigenvalue weighted by Crippen LogP contribution is 2.20. The number of aromatic nitrogens is 3. The first-order valence-corrected chi connectivity index (χ1v) is 7.07. The number of ether oxygens (including phenoxy) is 1. The molecule has 2 aromatic heterocycles. The van der Waals surface area contributed by atoms with E-state index in [2.05, 4.69) is 14.7 Å². The van der Waals surface area contributed by atoms with Gasteiger partial charge in [0.15, 0.2) is 5.65 Å². The lowest BCUT2D eigenvalue weighted by Crippen LogP contribution is -2.24. The van der Waals surface area contributed by atoms with E-state index in [9.17, 15) is 18.7 Å². The molecular weight excluding hydrogens is 320 g/mol. The highest BCUT2D eigenvalue weighted by Gasteiger charge is 2.12. The molecule has 24 heavy (non-hydrogen) atoms. The summed E-state index contributed by atoms with van der Waals surface area (Å²) in [4.78, 5) is 20.4. The van der Waals surface area contributed by atoms with Gasteiger partial charge in [0, 0.05) is 6.20 Å². The van der Waals surface area contributed by atoms with Gasteiger partial charge in [-0.2, -0.15) is 8.78 Å². The summed E-state index contributed by atoms with van der Waals surface area (Å²) in [5.74, 6) is -0.00318. The molecule has 0 aliphatic heterocycles. The van der Waals surface area contributed by atoms with Gasteiger partial charge >= 0.3 is 6.61 Å². The SMILES string of the molecule is O=c1c2cccnc2ncn1CC(O)c1ccc(OC(F)F)cc1. The number of aliphatic hydroxyl groups excluding tert-OH is 1. The summed E-state index contributed by atoms with van der Waals surface area (Å²) in [5, 5.41) is 10.6. The van der Waals surface area contributed by atoms with E-state index in [0.717, 1.165) is 0 Å². The number of pyridine rings is 1. The number of nitrogens with zero attached hydrogens (tertiary/aromatic N) is 3. The molecule has 0 aliphatic carbocycles. The standard InChI is InChI=1S/C16H13F2N3O3/c17-16(18)24-11-5-3-10(4-6-11)13(22)8-21-9-20-14-12(15(21)23)2-1-7-19-14/h1-7,9,13,16,22H,8H2. The smallest absolute Gasteiger partial charge is 0.387 e. The molecule has 3 rings (SSSR count). The zero-order chi connectivity index (χ0) is 17.1. The Labute approximate surface area is 135 Å². The molecule has 0 saturated carbocycles. The van der Waals surface area contributed by atoms with E-state index in [0.29, 0.717) is 16.6 Å². The van der Waals surface area contributed by atoms with E-state index in [1.54, 1.807) is 12.1 Å². The number of halogens is 2.